The van der Waals surface area contributed by atoms with Gasteiger partial charge >= 0.3 is 0 Å². The van der Waals surface area contributed by atoms with Crippen molar-refractivity contribution in [2.45, 2.75) is 31.3 Å². The Bertz CT molecular complexity index is 330. The summed E-state index contributed by atoms with van der Waals surface area (Å²) >= 11 is 0. The van der Waals surface area contributed by atoms with Gasteiger partial charge in [-0.3, -0.25) is 4.79 Å². The predicted molar refractivity (Wildman–Crippen MR) is 59.1 cm³/mol. The molecule has 3 rings (SSSR count). The number of oxime groups is 1. The number of amides is 1. The highest BCUT2D eigenvalue weighted by Crippen LogP contribution is 2.30. The highest BCUT2D eigenvalue weighted by atomic mass is 16.7. The Balaban J connectivity index is 1.53. The Kier molecular flexibility index (Phi) is 2.35. The topological polar surface area (TPSA) is 62.7 Å². The molecule has 1 saturated carbocycles. The van der Waals surface area contributed by atoms with E-state index in [9.17, 15) is 4.79 Å². The maximum atomic E-state index is 11.8. The molecule has 2 heterocycles. The van der Waals surface area contributed by atoms with E-state index < -0.39 is 0 Å². The molecular weight excluding hydrogens is 206 g/mol. The summed E-state index contributed by atoms with van der Waals surface area (Å²) in [4.78, 5) is 17.2. The van der Waals surface area contributed by atoms with Gasteiger partial charge in [0.1, 0.15) is 5.71 Å². The van der Waals surface area contributed by atoms with Crippen LogP contribution in [0.5, 0.6) is 0 Å². The summed E-state index contributed by atoms with van der Waals surface area (Å²) in [5.41, 5.74) is 0.330. The Morgan fingerprint density at radius 2 is 2.50 bits per heavy atom. The van der Waals surface area contributed by atoms with Gasteiger partial charge in [0.2, 0.25) is 0 Å². The molecule has 88 valence electrons. The van der Waals surface area contributed by atoms with E-state index in [2.05, 4.69) is 15.8 Å². The summed E-state index contributed by atoms with van der Waals surface area (Å²) in [5, 5.41) is 10.1. The van der Waals surface area contributed by atoms with Crippen LogP contribution in [0.4, 0.5) is 0 Å². The second-order valence-electron chi connectivity index (χ2n) is 5.07. The van der Waals surface area contributed by atoms with E-state index in [1.165, 1.54) is 12.8 Å². The van der Waals surface area contributed by atoms with Gasteiger partial charge in [-0.2, -0.15) is 0 Å². The van der Waals surface area contributed by atoms with E-state index in [4.69, 9.17) is 4.84 Å². The molecule has 0 bridgehead atoms. The zero-order valence-electron chi connectivity index (χ0n) is 9.29. The zero-order chi connectivity index (χ0) is 11.0. The van der Waals surface area contributed by atoms with Gasteiger partial charge < -0.3 is 15.5 Å². The van der Waals surface area contributed by atoms with Gasteiger partial charge in [0.25, 0.3) is 5.91 Å². The van der Waals surface area contributed by atoms with Gasteiger partial charge in [-0.1, -0.05) is 5.16 Å². The lowest BCUT2D eigenvalue weighted by Gasteiger charge is -2.18. The standard InChI is InChI=1S/C11H17N3O2/c15-10(13-6-8-1-2-8)9-5-11(16-14-9)3-4-12-7-11/h8,12H,1-7H2,(H,13,15)/t11-/m1/s1. The second-order valence-corrected chi connectivity index (χ2v) is 5.07. The van der Waals surface area contributed by atoms with E-state index in [0.717, 1.165) is 26.1 Å². The fourth-order valence-corrected chi connectivity index (χ4v) is 2.25. The van der Waals surface area contributed by atoms with Crippen LogP contribution in [0.2, 0.25) is 0 Å². The molecule has 1 spiro atoms. The predicted octanol–water partition coefficient (Wildman–Crippen LogP) is 0.0210. The Morgan fingerprint density at radius 1 is 1.62 bits per heavy atom. The third-order valence-electron chi connectivity index (χ3n) is 3.55. The van der Waals surface area contributed by atoms with Crippen molar-refractivity contribution in [2.24, 2.45) is 11.1 Å². The average Bonchev–Trinajstić information content (AvgIpc) is 2.86. The van der Waals surface area contributed by atoms with Crippen molar-refractivity contribution in [1.82, 2.24) is 10.6 Å². The highest BCUT2D eigenvalue weighted by Gasteiger charge is 2.43. The molecule has 5 nitrogen and oxygen atoms in total. The second kappa shape index (κ2) is 3.73. The molecule has 0 aromatic rings. The molecule has 1 saturated heterocycles. The molecule has 0 aromatic heterocycles. The van der Waals surface area contributed by atoms with Crippen molar-refractivity contribution in [3.05, 3.63) is 0 Å². The summed E-state index contributed by atoms with van der Waals surface area (Å²) in [6.07, 6.45) is 4.08. The summed E-state index contributed by atoms with van der Waals surface area (Å²) in [6.45, 7) is 2.55. The summed E-state index contributed by atoms with van der Waals surface area (Å²) in [7, 11) is 0. The molecule has 0 aromatic carbocycles. The van der Waals surface area contributed by atoms with Crippen LogP contribution < -0.4 is 10.6 Å². The number of rotatable bonds is 3. The first-order valence-corrected chi connectivity index (χ1v) is 6.01. The van der Waals surface area contributed by atoms with E-state index >= 15 is 0 Å². The minimum Gasteiger partial charge on any atom is -0.387 e. The molecule has 2 aliphatic heterocycles. The minimum atomic E-state index is -0.230. The average molecular weight is 223 g/mol. The van der Waals surface area contributed by atoms with Gasteiger partial charge in [0.15, 0.2) is 5.60 Å². The Hall–Kier alpha value is -1.10. The minimum absolute atomic E-state index is 0.0457. The molecule has 5 heteroatoms. The number of hydrogen-bond acceptors (Lipinski definition) is 4. The van der Waals surface area contributed by atoms with Crippen LogP contribution >= 0.6 is 0 Å². The van der Waals surface area contributed by atoms with Crippen molar-refractivity contribution in [3.63, 3.8) is 0 Å². The van der Waals surface area contributed by atoms with Gasteiger partial charge in [-0.15, -0.1) is 0 Å². The van der Waals surface area contributed by atoms with Crippen LogP contribution in [0.25, 0.3) is 0 Å². The van der Waals surface area contributed by atoms with Crippen LogP contribution in [-0.2, 0) is 9.63 Å². The molecule has 2 N–H and O–H groups in total. The third kappa shape index (κ3) is 1.91. The maximum Gasteiger partial charge on any atom is 0.269 e. The monoisotopic (exact) mass is 223 g/mol. The van der Waals surface area contributed by atoms with Crippen molar-refractivity contribution >= 4 is 11.6 Å². The molecule has 3 aliphatic rings. The molecule has 0 radical (unpaired) electrons. The van der Waals surface area contributed by atoms with Crippen LogP contribution in [-0.4, -0.2) is 36.9 Å². The lowest BCUT2D eigenvalue weighted by molar-refractivity contribution is -0.115. The quantitative estimate of drug-likeness (QED) is 0.709. The van der Waals surface area contributed by atoms with Crippen LogP contribution in [0, 0.1) is 5.92 Å². The normalized spacial score (nSPS) is 32.6. The summed E-state index contributed by atoms with van der Waals surface area (Å²) in [5.74, 6) is 0.657. The zero-order valence-corrected chi connectivity index (χ0v) is 9.29. The Morgan fingerprint density at radius 3 is 3.19 bits per heavy atom. The summed E-state index contributed by atoms with van der Waals surface area (Å²) < 4.78 is 0. The van der Waals surface area contributed by atoms with Gasteiger partial charge in [-0.05, 0) is 25.3 Å². The first kappa shape index (κ1) is 10.1. The largest absolute Gasteiger partial charge is 0.387 e. The molecule has 1 atom stereocenters. The van der Waals surface area contributed by atoms with Crippen LogP contribution in [0.3, 0.4) is 0 Å². The molecule has 2 fully saturated rings. The van der Waals surface area contributed by atoms with Crippen molar-refractivity contribution in [2.75, 3.05) is 19.6 Å². The molecule has 16 heavy (non-hydrogen) atoms. The molecule has 0 unspecified atom stereocenters. The number of carbonyl (C=O) groups is 1. The molecule has 1 aliphatic carbocycles. The number of nitrogens with zero attached hydrogens (tertiary/aromatic N) is 1. The van der Waals surface area contributed by atoms with Gasteiger partial charge in [0, 0.05) is 25.9 Å². The summed E-state index contributed by atoms with van der Waals surface area (Å²) in [6, 6.07) is 0. The van der Waals surface area contributed by atoms with E-state index in [1.807, 2.05) is 0 Å². The molecular formula is C11H17N3O2. The fourth-order valence-electron chi connectivity index (χ4n) is 2.25. The molecule has 1 amide bonds. The highest BCUT2D eigenvalue weighted by molar-refractivity contribution is 6.39. The lowest BCUT2D eigenvalue weighted by Crippen LogP contribution is -2.36. The first-order chi connectivity index (χ1) is 7.77. The van der Waals surface area contributed by atoms with Crippen LogP contribution in [0.15, 0.2) is 5.16 Å². The third-order valence-corrected chi connectivity index (χ3v) is 3.55. The Labute approximate surface area is 94.6 Å². The lowest BCUT2D eigenvalue weighted by atomic mass is 9.96. The van der Waals surface area contributed by atoms with Gasteiger partial charge in [0.05, 0.1) is 0 Å². The van der Waals surface area contributed by atoms with Crippen molar-refractivity contribution in [1.29, 1.82) is 0 Å². The first-order valence-electron chi connectivity index (χ1n) is 6.01. The SMILES string of the molecule is O=C(NCC1CC1)C1=NO[C@]2(CCNC2)C1. The number of carbonyl (C=O) groups excluding carboxylic acids is 1. The van der Waals surface area contributed by atoms with E-state index in [1.54, 1.807) is 0 Å². The van der Waals surface area contributed by atoms with Crippen molar-refractivity contribution in [3.8, 4) is 0 Å². The van der Waals surface area contributed by atoms with E-state index in [0.29, 0.717) is 18.1 Å². The number of hydrogen-bond donors (Lipinski definition) is 2. The maximum absolute atomic E-state index is 11.8. The van der Waals surface area contributed by atoms with Gasteiger partial charge in [-0.25, -0.2) is 0 Å². The van der Waals surface area contributed by atoms with Crippen LogP contribution in [0.1, 0.15) is 25.7 Å². The van der Waals surface area contributed by atoms with Crippen molar-refractivity contribution < 1.29 is 9.63 Å². The number of nitrogens with one attached hydrogen (secondary N) is 2. The van der Waals surface area contributed by atoms with E-state index in [-0.39, 0.29) is 11.5 Å². The fraction of sp³-hybridized carbons (Fsp3) is 0.818. The smallest absolute Gasteiger partial charge is 0.269 e.